The van der Waals surface area contributed by atoms with E-state index in [0.717, 1.165) is 19.3 Å². The van der Waals surface area contributed by atoms with Gasteiger partial charge in [-0.2, -0.15) is 0 Å². The third-order valence-electron chi connectivity index (χ3n) is 4.53. The van der Waals surface area contributed by atoms with E-state index in [1.54, 1.807) is 4.90 Å². The Morgan fingerprint density at radius 2 is 2.16 bits per heavy atom. The summed E-state index contributed by atoms with van der Waals surface area (Å²) >= 11 is 0. The molecule has 2 rings (SSSR count). The summed E-state index contributed by atoms with van der Waals surface area (Å²) in [7, 11) is 0. The van der Waals surface area contributed by atoms with Crippen LogP contribution >= 0.6 is 0 Å². The molecule has 1 saturated carbocycles. The van der Waals surface area contributed by atoms with E-state index in [0.29, 0.717) is 32.0 Å². The lowest BCUT2D eigenvalue weighted by atomic mass is 9.78. The fourth-order valence-corrected chi connectivity index (χ4v) is 3.41. The van der Waals surface area contributed by atoms with Crippen LogP contribution in [0.2, 0.25) is 0 Å². The number of nitrogens with two attached hydrogens (primary N) is 1. The van der Waals surface area contributed by atoms with Crippen LogP contribution in [0.1, 0.15) is 39.0 Å². The lowest BCUT2D eigenvalue weighted by Crippen LogP contribution is -2.59. The summed E-state index contributed by atoms with van der Waals surface area (Å²) in [5, 5.41) is 2.84. The zero-order chi connectivity index (χ0) is 13.8. The van der Waals surface area contributed by atoms with Gasteiger partial charge >= 0.3 is 0 Å². The van der Waals surface area contributed by atoms with Crippen molar-refractivity contribution >= 4 is 11.8 Å². The summed E-state index contributed by atoms with van der Waals surface area (Å²) in [6, 6.07) is -0.290. The van der Waals surface area contributed by atoms with E-state index in [-0.39, 0.29) is 23.8 Å². The van der Waals surface area contributed by atoms with E-state index in [4.69, 9.17) is 5.73 Å². The molecule has 5 heteroatoms. The zero-order valence-corrected chi connectivity index (χ0v) is 11.7. The molecule has 5 nitrogen and oxygen atoms in total. The first-order valence-corrected chi connectivity index (χ1v) is 7.47. The molecule has 0 spiro atoms. The van der Waals surface area contributed by atoms with Crippen LogP contribution in [0.25, 0.3) is 0 Å². The van der Waals surface area contributed by atoms with Gasteiger partial charge in [0.1, 0.15) is 6.04 Å². The molecule has 3 unspecified atom stereocenters. The Balaban J connectivity index is 2.10. The van der Waals surface area contributed by atoms with Crippen LogP contribution in [0.3, 0.4) is 0 Å². The number of rotatable bonds is 3. The van der Waals surface area contributed by atoms with Crippen molar-refractivity contribution in [2.75, 3.05) is 19.6 Å². The molecule has 1 heterocycles. The molecule has 2 aliphatic rings. The second-order valence-corrected chi connectivity index (χ2v) is 5.63. The number of piperazine rings is 1. The van der Waals surface area contributed by atoms with Gasteiger partial charge in [-0.15, -0.1) is 0 Å². The number of nitrogens with zero attached hydrogens (tertiary/aromatic N) is 1. The van der Waals surface area contributed by atoms with Gasteiger partial charge in [0.15, 0.2) is 0 Å². The number of carbonyl (C=O) groups excluding carboxylic acids is 2. The lowest BCUT2D eigenvalue weighted by molar-refractivity contribution is -0.148. The second kappa shape index (κ2) is 6.37. The summed E-state index contributed by atoms with van der Waals surface area (Å²) in [5.41, 5.74) is 5.81. The topological polar surface area (TPSA) is 75.4 Å². The van der Waals surface area contributed by atoms with Gasteiger partial charge in [-0.05, 0) is 31.7 Å². The Hall–Kier alpha value is -1.10. The third kappa shape index (κ3) is 2.91. The number of hydrogen-bond acceptors (Lipinski definition) is 3. The minimum Gasteiger partial charge on any atom is -0.353 e. The third-order valence-corrected chi connectivity index (χ3v) is 4.53. The molecule has 0 aromatic carbocycles. The predicted molar refractivity (Wildman–Crippen MR) is 73.3 cm³/mol. The van der Waals surface area contributed by atoms with Crippen LogP contribution in [-0.2, 0) is 9.59 Å². The van der Waals surface area contributed by atoms with Gasteiger partial charge in [-0.25, -0.2) is 0 Å². The molecule has 0 radical (unpaired) electrons. The van der Waals surface area contributed by atoms with E-state index in [9.17, 15) is 9.59 Å². The summed E-state index contributed by atoms with van der Waals surface area (Å²) < 4.78 is 0. The van der Waals surface area contributed by atoms with Crippen molar-refractivity contribution in [2.24, 2.45) is 17.6 Å². The van der Waals surface area contributed by atoms with E-state index >= 15 is 0 Å². The number of carbonyl (C=O) groups is 2. The first-order valence-electron chi connectivity index (χ1n) is 7.47. The van der Waals surface area contributed by atoms with Gasteiger partial charge in [0.05, 0.1) is 0 Å². The first-order chi connectivity index (χ1) is 9.19. The van der Waals surface area contributed by atoms with Crippen molar-refractivity contribution in [1.82, 2.24) is 10.2 Å². The van der Waals surface area contributed by atoms with Crippen molar-refractivity contribution < 1.29 is 9.59 Å². The van der Waals surface area contributed by atoms with Crippen LogP contribution < -0.4 is 11.1 Å². The quantitative estimate of drug-likeness (QED) is 0.781. The Kier molecular flexibility index (Phi) is 4.80. The van der Waals surface area contributed by atoms with Gasteiger partial charge in [-0.1, -0.05) is 19.8 Å². The molecule has 3 N–H and O–H groups in total. The molecule has 2 fully saturated rings. The normalized spacial score (nSPS) is 32.0. The summed E-state index contributed by atoms with van der Waals surface area (Å²) in [6.07, 6.45) is 4.92. The van der Waals surface area contributed by atoms with Crippen molar-refractivity contribution in [3.63, 3.8) is 0 Å². The second-order valence-electron chi connectivity index (χ2n) is 5.63. The summed E-state index contributed by atoms with van der Waals surface area (Å²) in [4.78, 5) is 26.4. The minimum atomic E-state index is -0.290. The maximum absolute atomic E-state index is 12.7. The molecule has 108 valence electrons. The van der Waals surface area contributed by atoms with Crippen molar-refractivity contribution in [2.45, 2.75) is 45.1 Å². The van der Waals surface area contributed by atoms with Gasteiger partial charge in [0.2, 0.25) is 11.8 Å². The minimum absolute atomic E-state index is 0.0118. The van der Waals surface area contributed by atoms with Crippen LogP contribution in [0, 0.1) is 11.8 Å². The molecule has 1 aliphatic heterocycles. The molecule has 19 heavy (non-hydrogen) atoms. The number of nitrogens with one attached hydrogen (secondary N) is 1. The molecular formula is C14H25N3O2. The molecule has 0 bridgehead atoms. The van der Waals surface area contributed by atoms with Crippen LogP contribution in [0.15, 0.2) is 0 Å². The summed E-state index contributed by atoms with van der Waals surface area (Å²) in [5.74, 6) is 0.460. The molecule has 0 aromatic heterocycles. The molecule has 1 aliphatic carbocycles. The average Bonchev–Trinajstić information content (AvgIpc) is 2.46. The van der Waals surface area contributed by atoms with E-state index in [2.05, 4.69) is 5.32 Å². The molecule has 0 aromatic rings. The Morgan fingerprint density at radius 3 is 2.84 bits per heavy atom. The highest BCUT2D eigenvalue weighted by atomic mass is 16.2. The lowest BCUT2D eigenvalue weighted by Gasteiger charge is -2.39. The van der Waals surface area contributed by atoms with Crippen molar-refractivity contribution in [3.8, 4) is 0 Å². The smallest absolute Gasteiger partial charge is 0.242 e. The molecule has 1 saturated heterocycles. The van der Waals surface area contributed by atoms with Crippen LogP contribution in [-0.4, -0.2) is 42.4 Å². The van der Waals surface area contributed by atoms with E-state index < -0.39 is 0 Å². The van der Waals surface area contributed by atoms with Gasteiger partial charge in [-0.3, -0.25) is 9.59 Å². The maximum Gasteiger partial charge on any atom is 0.242 e. The average molecular weight is 267 g/mol. The van der Waals surface area contributed by atoms with Crippen molar-refractivity contribution in [3.05, 3.63) is 0 Å². The van der Waals surface area contributed by atoms with E-state index in [1.165, 1.54) is 6.42 Å². The highest BCUT2D eigenvalue weighted by Gasteiger charge is 2.38. The highest BCUT2D eigenvalue weighted by Crippen LogP contribution is 2.31. The monoisotopic (exact) mass is 267 g/mol. The van der Waals surface area contributed by atoms with Crippen molar-refractivity contribution in [1.29, 1.82) is 0 Å². The molecule has 3 atom stereocenters. The van der Waals surface area contributed by atoms with E-state index in [1.807, 2.05) is 6.92 Å². The maximum atomic E-state index is 12.7. The summed E-state index contributed by atoms with van der Waals surface area (Å²) in [6.45, 7) is 3.74. The van der Waals surface area contributed by atoms with Crippen LogP contribution in [0.4, 0.5) is 0 Å². The standard InChI is InChI=1S/C14H25N3O2/c1-2-12-13(18)16-7-8-17(12)14(19)11-6-4-3-5-10(11)9-15/h10-12H,2-9,15H2,1H3,(H,16,18). The molecular weight excluding hydrogens is 242 g/mol. The number of amides is 2. The Bertz CT molecular complexity index is 346. The van der Waals surface area contributed by atoms with Gasteiger partial charge in [0, 0.05) is 19.0 Å². The predicted octanol–water partition coefficient (Wildman–Crippen LogP) is 0.489. The van der Waals surface area contributed by atoms with Crippen LogP contribution in [0.5, 0.6) is 0 Å². The SMILES string of the molecule is CCC1C(=O)NCCN1C(=O)C1CCCCC1CN. The Morgan fingerprint density at radius 1 is 1.42 bits per heavy atom. The highest BCUT2D eigenvalue weighted by molar-refractivity contribution is 5.89. The number of hydrogen-bond donors (Lipinski definition) is 2. The largest absolute Gasteiger partial charge is 0.353 e. The Labute approximate surface area is 114 Å². The molecule has 2 amide bonds. The fraction of sp³-hybridized carbons (Fsp3) is 0.857. The first kappa shape index (κ1) is 14.3. The van der Waals surface area contributed by atoms with Gasteiger partial charge < -0.3 is 16.0 Å². The zero-order valence-electron chi connectivity index (χ0n) is 11.7. The fourth-order valence-electron chi connectivity index (χ4n) is 3.41. The van der Waals surface area contributed by atoms with Gasteiger partial charge in [0.25, 0.3) is 0 Å².